The lowest BCUT2D eigenvalue weighted by Crippen LogP contribution is -2.39. The van der Waals surface area contributed by atoms with E-state index < -0.39 is 22.1 Å². The summed E-state index contributed by atoms with van der Waals surface area (Å²) in [6, 6.07) is 5.38. The van der Waals surface area contributed by atoms with Crippen LogP contribution < -0.4 is 0 Å². The lowest BCUT2D eigenvalue weighted by atomic mass is 10.1. The topological polar surface area (TPSA) is 74.4 Å². The molecule has 2 unspecified atom stereocenters. The van der Waals surface area contributed by atoms with Crippen molar-refractivity contribution in [1.29, 1.82) is 4.78 Å². The third kappa shape index (κ3) is 3.39. The smallest absolute Gasteiger partial charge is 0.236 e. The lowest BCUT2D eigenvalue weighted by molar-refractivity contribution is -0.170. The van der Waals surface area contributed by atoms with Crippen LogP contribution in [0.1, 0.15) is 11.6 Å². The van der Waals surface area contributed by atoms with Gasteiger partial charge in [-0.15, -0.1) is 0 Å². The van der Waals surface area contributed by atoms with E-state index in [1.165, 1.54) is 53.4 Å². The summed E-state index contributed by atoms with van der Waals surface area (Å²) >= 11 is 5.74. The number of alkyl halides is 3. The quantitative estimate of drug-likeness (QED) is 0.717. The van der Waals surface area contributed by atoms with E-state index in [0.717, 1.165) is 7.05 Å². The SMILES string of the molecule is CN(C(c1ccc(Cl)cc1)C(F)(F)F)S(=N)(=O)c1ccn2ncnc2c1. The molecular weight excluding hydrogens is 391 g/mol. The average Bonchev–Trinajstić information content (AvgIpc) is 3.03. The normalized spacial score (nSPS) is 15.9. The van der Waals surface area contributed by atoms with Crippen molar-refractivity contribution in [2.24, 2.45) is 0 Å². The van der Waals surface area contributed by atoms with Crippen LogP contribution in [0.2, 0.25) is 5.02 Å². The molecule has 2 heterocycles. The summed E-state index contributed by atoms with van der Waals surface area (Å²) in [7, 11) is -2.94. The van der Waals surface area contributed by atoms with Crippen molar-refractivity contribution in [3.63, 3.8) is 0 Å². The highest BCUT2D eigenvalue weighted by Gasteiger charge is 2.46. The van der Waals surface area contributed by atoms with Gasteiger partial charge in [-0.2, -0.15) is 18.3 Å². The zero-order chi connectivity index (χ0) is 19.1. The van der Waals surface area contributed by atoms with E-state index in [1.54, 1.807) is 0 Å². The first-order valence-electron chi connectivity index (χ1n) is 7.24. The Balaban J connectivity index is 2.07. The number of nitrogens with one attached hydrogen (secondary N) is 1. The molecule has 0 bridgehead atoms. The van der Waals surface area contributed by atoms with Gasteiger partial charge >= 0.3 is 6.18 Å². The largest absolute Gasteiger partial charge is 0.409 e. The molecule has 0 aliphatic rings. The van der Waals surface area contributed by atoms with Crippen LogP contribution >= 0.6 is 11.6 Å². The first kappa shape index (κ1) is 18.6. The molecule has 11 heteroatoms. The number of fused-ring (bicyclic) bond motifs is 1. The fourth-order valence-electron chi connectivity index (χ4n) is 2.53. The Labute approximate surface area is 152 Å². The van der Waals surface area contributed by atoms with Crippen LogP contribution in [0.15, 0.2) is 53.8 Å². The maximum atomic E-state index is 13.7. The first-order valence-corrected chi connectivity index (χ1v) is 9.13. The summed E-state index contributed by atoms with van der Waals surface area (Å²) in [4.78, 5) is 3.81. The van der Waals surface area contributed by atoms with Crippen LogP contribution in [-0.4, -0.2) is 36.3 Å². The summed E-state index contributed by atoms with van der Waals surface area (Å²) in [6.45, 7) is 0. The Morgan fingerprint density at radius 3 is 2.54 bits per heavy atom. The minimum absolute atomic E-state index is 0.0938. The van der Waals surface area contributed by atoms with Gasteiger partial charge in [-0.25, -0.2) is 22.8 Å². The number of hydrogen-bond donors (Lipinski definition) is 1. The molecule has 2 atom stereocenters. The van der Waals surface area contributed by atoms with Crippen molar-refractivity contribution in [3.8, 4) is 0 Å². The van der Waals surface area contributed by atoms with E-state index in [1.807, 2.05) is 0 Å². The summed E-state index contributed by atoms with van der Waals surface area (Å²) in [5.41, 5.74) is 0.124. The zero-order valence-corrected chi connectivity index (χ0v) is 14.9. The molecule has 138 valence electrons. The third-order valence-corrected chi connectivity index (χ3v) is 6.00. The summed E-state index contributed by atoms with van der Waals surface area (Å²) < 4.78 is 64.1. The van der Waals surface area contributed by atoms with Gasteiger partial charge in [-0.3, -0.25) is 0 Å². The van der Waals surface area contributed by atoms with Crippen LogP contribution in [0, 0.1) is 4.78 Å². The lowest BCUT2D eigenvalue weighted by Gasteiger charge is -2.31. The monoisotopic (exact) mass is 403 g/mol. The van der Waals surface area contributed by atoms with Gasteiger partial charge < -0.3 is 0 Å². The van der Waals surface area contributed by atoms with E-state index >= 15 is 0 Å². The maximum absolute atomic E-state index is 13.7. The Bertz CT molecular complexity index is 1030. The second kappa shape index (κ2) is 6.53. The molecule has 3 aromatic rings. The molecule has 1 aromatic carbocycles. The van der Waals surface area contributed by atoms with Crippen molar-refractivity contribution < 1.29 is 17.4 Å². The molecule has 0 saturated heterocycles. The van der Waals surface area contributed by atoms with Gasteiger partial charge in [0.2, 0.25) is 0 Å². The van der Waals surface area contributed by atoms with E-state index in [4.69, 9.17) is 16.4 Å². The van der Waals surface area contributed by atoms with Crippen LogP contribution in [0.25, 0.3) is 5.65 Å². The second-order valence-electron chi connectivity index (χ2n) is 5.49. The molecule has 0 fully saturated rings. The maximum Gasteiger partial charge on any atom is 0.409 e. The fraction of sp³-hybridized carbons (Fsp3) is 0.200. The molecule has 26 heavy (non-hydrogen) atoms. The van der Waals surface area contributed by atoms with Crippen LogP contribution in [0.3, 0.4) is 0 Å². The molecule has 0 saturated carbocycles. The highest BCUT2D eigenvalue weighted by atomic mass is 35.5. The number of rotatable bonds is 4. The molecule has 3 rings (SSSR count). The Morgan fingerprint density at radius 1 is 1.27 bits per heavy atom. The van der Waals surface area contributed by atoms with Gasteiger partial charge in [0.15, 0.2) is 5.65 Å². The van der Waals surface area contributed by atoms with Crippen molar-refractivity contribution in [3.05, 3.63) is 59.5 Å². The van der Waals surface area contributed by atoms with Crippen LogP contribution in [0.5, 0.6) is 0 Å². The van der Waals surface area contributed by atoms with E-state index in [-0.39, 0.29) is 21.1 Å². The predicted octanol–water partition coefficient (Wildman–Crippen LogP) is 3.94. The average molecular weight is 404 g/mol. The standard InChI is InChI=1S/C15H13ClF3N5OS/c1-23(14(15(17,18)19)10-2-4-11(16)5-3-10)26(20,25)12-6-7-24-13(8-12)21-9-22-24/h2-9,14,20H,1H3. The van der Waals surface area contributed by atoms with E-state index in [9.17, 15) is 17.4 Å². The number of benzene rings is 1. The van der Waals surface area contributed by atoms with Crippen molar-refractivity contribution in [2.75, 3.05) is 7.05 Å². The Kier molecular flexibility index (Phi) is 4.67. The fourth-order valence-corrected chi connectivity index (χ4v) is 4.04. The van der Waals surface area contributed by atoms with E-state index in [0.29, 0.717) is 4.31 Å². The van der Waals surface area contributed by atoms with Crippen molar-refractivity contribution in [1.82, 2.24) is 18.9 Å². The minimum Gasteiger partial charge on any atom is -0.236 e. The molecule has 0 radical (unpaired) electrons. The third-order valence-electron chi connectivity index (χ3n) is 3.84. The van der Waals surface area contributed by atoms with Gasteiger partial charge in [0.1, 0.15) is 22.3 Å². The summed E-state index contributed by atoms with van der Waals surface area (Å²) in [5.74, 6) is 0. The van der Waals surface area contributed by atoms with Gasteiger partial charge in [0.05, 0.1) is 4.90 Å². The van der Waals surface area contributed by atoms with Gasteiger partial charge in [0.25, 0.3) is 0 Å². The molecule has 0 spiro atoms. The van der Waals surface area contributed by atoms with Gasteiger partial charge in [-0.05, 0) is 23.8 Å². The Morgan fingerprint density at radius 2 is 1.92 bits per heavy atom. The number of halogens is 4. The highest BCUT2D eigenvalue weighted by Crippen LogP contribution is 2.40. The molecular formula is C15H13ClF3N5OS. The predicted molar refractivity (Wildman–Crippen MR) is 90.1 cm³/mol. The second-order valence-corrected chi connectivity index (χ2v) is 8.03. The van der Waals surface area contributed by atoms with Gasteiger partial charge in [-0.1, -0.05) is 23.7 Å². The molecule has 0 amide bonds. The molecule has 2 aromatic heterocycles. The Hall–Kier alpha value is -2.17. The molecule has 0 aliphatic heterocycles. The van der Waals surface area contributed by atoms with Crippen molar-refractivity contribution >= 4 is 27.2 Å². The molecule has 1 N–H and O–H groups in total. The zero-order valence-electron chi connectivity index (χ0n) is 13.3. The summed E-state index contributed by atoms with van der Waals surface area (Å²) in [6.07, 6.45) is -2.10. The van der Waals surface area contributed by atoms with E-state index in [2.05, 4.69) is 10.1 Å². The van der Waals surface area contributed by atoms with Crippen LogP contribution in [0.4, 0.5) is 13.2 Å². The number of pyridine rings is 1. The number of aromatic nitrogens is 3. The highest BCUT2D eigenvalue weighted by molar-refractivity contribution is 7.90. The molecule has 6 nitrogen and oxygen atoms in total. The number of nitrogens with zero attached hydrogens (tertiary/aromatic N) is 4. The first-order chi connectivity index (χ1) is 12.1. The minimum atomic E-state index is -4.74. The van der Waals surface area contributed by atoms with Crippen LogP contribution in [-0.2, 0) is 9.92 Å². The number of hydrogen-bond acceptors (Lipinski definition) is 4. The summed E-state index contributed by atoms with van der Waals surface area (Å²) in [5, 5.41) is 4.14. The molecule has 0 aliphatic carbocycles. The van der Waals surface area contributed by atoms with Crippen molar-refractivity contribution in [2.45, 2.75) is 17.1 Å². The van der Waals surface area contributed by atoms with Gasteiger partial charge in [0, 0.05) is 24.3 Å².